The van der Waals surface area contributed by atoms with Crippen molar-refractivity contribution in [3.8, 4) is 5.69 Å². The van der Waals surface area contributed by atoms with Crippen LogP contribution in [-0.4, -0.2) is 25.8 Å². The van der Waals surface area contributed by atoms with E-state index in [-0.39, 0.29) is 5.56 Å². The first-order valence-electron chi connectivity index (χ1n) is 4.81. The highest BCUT2D eigenvalue weighted by Crippen LogP contribution is 2.18. The third-order valence-corrected chi connectivity index (χ3v) is 2.48. The van der Waals surface area contributed by atoms with Crippen molar-refractivity contribution < 1.29 is 9.90 Å². The Balaban J connectivity index is 2.63. The van der Waals surface area contributed by atoms with Crippen LogP contribution in [0.2, 0.25) is 0 Å². The second-order valence-electron chi connectivity index (χ2n) is 3.47. The summed E-state index contributed by atoms with van der Waals surface area (Å²) < 4.78 is 1.63. The number of hydrogen-bond acceptors (Lipinski definition) is 3. The fraction of sp³-hybridized carbons (Fsp3) is 0.182. The van der Waals surface area contributed by atoms with Gasteiger partial charge in [0, 0.05) is 0 Å². The minimum Gasteiger partial charge on any atom is -0.478 e. The number of nitrogens with zero attached hydrogens (tertiary/aromatic N) is 3. The molecule has 0 fully saturated rings. The molecule has 82 valence electrons. The van der Waals surface area contributed by atoms with E-state index in [4.69, 9.17) is 5.11 Å². The lowest BCUT2D eigenvalue weighted by molar-refractivity contribution is 0.0696. The Morgan fingerprint density at radius 3 is 2.69 bits per heavy atom. The summed E-state index contributed by atoms with van der Waals surface area (Å²) in [6.45, 7) is 3.58. The molecule has 1 aromatic carbocycles. The van der Waals surface area contributed by atoms with Crippen molar-refractivity contribution in [2.24, 2.45) is 0 Å². The number of carboxylic acid groups (broad SMARTS) is 1. The van der Waals surface area contributed by atoms with Crippen molar-refractivity contribution in [1.29, 1.82) is 0 Å². The van der Waals surface area contributed by atoms with Gasteiger partial charge in [0.15, 0.2) is 0 Å². The number of aryl methyl sites for hydroxylation is 1. The second kappa shape index (κ2) is 3.77. The van der Waals surface area contributed by atoms with Gasteiger partial charge in [0.25, 0.3) is 0 Å². The van der Waals surface area contributed by atoms with E-state index in [1.807, 2.05) is 13.0 Å². The predicted molar refractivity (Wildman–Crippen MR) is 57.8 cm³/mol. The van der Waals surface area contributed by atoms with Crippen molar-refractivity contribution in [3.05, 3.63) is 41.5 Å². The summed E-state index contributed by atoms with van der Waals surface area (Å²) >= 11 is 0. The maximum Gasteiger partial charge on any atom is 0.336 e. The second-order valence-corrected chi connectivity index (χ2v) is 3.47. The van der Waals surface area contributed by atoms with Crippen molar-refractivity contribution in [3.63, 3.8) is 0 Å². The van der Waals surface area contributed by atoms with Crippen LogP contribution in [0, 0.1) is 13.8 Å². The first kappa shape index (κ1) is 10.4. The average Bonchev–Trinajstić information content (AvgIpc) is 2.64. The summed E-state index contributed by atoms with van der Waals surface area (Å²) in [6, 6.07) is 5.10. The van der Waals surface area contributed by atoms with Gasteiger partial charge in [-0.2, -0.15) is 5.10 Å². The Kier molecular flexibility index (Phi) is 2.44. The standard InChI is InChI=1S/C11H11N3O2/c1-7-9(11(15)16)4-3-5-10(7)14-8(2)12-6-13-14/h3-6H,1-2H3,(H,15,16). The van der Waals surface area contributed by atoms with Crippen LogP contribution in [0.4, 0.5) is 0 Å². The quantitative estimate of drug-likeness (QED) is 0.829. The van der Waals surface area contributed by atoms with E-state index in [0.29, 0.717) is 5.56 Å². The molecule has 0 saturated heterocycles. The lowest BCUT2D eigenvalue weighted by atomic mass is 10.1. The molecule has 0 aliphatic carbocycles. The van der Waals surface area contributed by atoms with E-state index in [1.165, 1.54) is 6.33 Å². The fourth-order valence-electron chi connectivity index (χ4n) is 1.62. The smallest absolute Gasteiger partial charge is 0.336 e. The molecule has 1 N–H and O–H groups in total. The zero-order valence-corrected chi connectivity index (χ0v) is 9.01. The number of hydrogen-bond donors (Lipinski definition) is 1. The van der Waals surface area contributed by atoms with Crippen molar-refractivity contribution in [2.45, 2.75) is 13.8 Å². The maximum absolute atomic E-state index is 11.0. The molecule has 0 spiro atoms. The Morgan fingerprint density at radius 1 is 1.38 bits per heavy atom. The van der Waals surface area contributed by atoms with Crippen LogP contribution < -0.4 is 0 Å². The summed E-state index contributed by atoms with van der Waals surface area (Å²) in [5.41, 5.74) is 1.71. The molecule has 0 radical (unpaired) electrons. The summed E-state index contributed by atoms with van der Waals surface area (Å²) in [4.78, 5) is 15.0. The van der Waals surface area contributed by atoms with Gasteiger partial charge in [-0.15, -0.1) is 0 Å². The molecule has 0 unspecified atom stereocenters. The average molecular weight is 217 g/mol. The first-order valence-corrected chi connectivity index (χ1v) is 4.81. The van der Waals surface area contributed by atoms with Gasteiger partial charge in [-0.3, -0.25) is 0 Å². The molecule has 2 rings (SSSR count). The van der Waals surface area contributed by atoms with Crippen LogP contribution in [0.5, 0.6) is 0 Å². The third-order valence-electron chi connectivity index (χ3n) is 2.48. The zero-order valence-electron chi connectivity index (χ0n) is 9.01. The third kappa shape index (κ3) is 1.56. The summed E-state index contributed by atoms with van der Waals surface area (Å²) in [5.74, 6) is -0.206. The highest BCUT2D eigenvalue weighted by molar-refractivity contribution is 5.90. The SMILES string of the molecule is Cc1c(C(=O)O)cccc1-n1ncnc1C. The minimum atomic E-state index is -0.933. The highest BCUT2D eigenvalue weighted by atomic mass is 16.4. The fourth-order valence-corrected chi connectivity index (χ4v) is 1.62. The Bertz CT molecular complexity index is 546. The monoisotopic (exact) mass is 217 g/mol. The molecule has 0 amide bonds. The topological polar surface area (TPSA) is 68.0 Å². The summed E-state index contributed by atoms with van der Waals surface area (Å²) in [6.07, 6.45) is 1.45. The normalized spacial score (nSPS) is 10.4. The molecule has 0 atom stereocenters. The van der Waals surface area contributed by atoms with Crippen LogP contribution in [0.3, 0.4) is 0 Å². The van der Waals surface area contributed by atoms with Gasteiger partial charge >= 0.3 is 5.97 Å². The van der Waals surface area contributed by atoms with Crippen LogP contribution >= 0.6 is 0 Å². The van der Waals surface area contributed by atoms with E-state index in [1.54, 1.807) is 23.7 Å². The molecule has 5 nitrogen and oxygen atoms in total. The lowest BCUT2D eigenvalue weighted by Gasteiger charge is -2.09. The van der Waals surface area contributed by atoms with Gasteiger partial charge in [0.05, 0.1) is 11.3 Å². The molecule has 0 bridgehead atoms. The number of aromatic nitrogens is 3. The largest absolute Gasteiger partial charge is 0.478 e. The van der Waals surface area contributed by atoms with Crippen molar-refractivity contribution in [2.75, 3.05) is 0 Å². The Morgan fingerprint density at radius 2 is 2.12 bits per heavy atom. The van der Waals surface area contributed by atoms with Crippen LogP contribution in [0.1, 0.15) is 21.7 Å². The summed E-state index contributed by atoms with van der Waals surface area (Å²) in [7, 11) is 0. The molecule has 16 heavy (non-hydrogen) atoms. The molecular weight excluding hydrogens is 206 g/mol. The van der Waals surface area contributed by atoms with Gasteiger partial charge < -0.3 is 5.11 Å². The van der Waals surface area contributed by atoms with Gasteiger partial charge in [-0.1, -0.05) is 6.07 Å². The zero-order chi connectivity index (χ0) is 11.7. The van der Waals surface area contributed by atoms with Gasteiger partial charge in [0.2, 0.25) is 0 Å². The van der Waals surface area contributed by atoms with E-state index >= 15 is 0 Å². The van der Waals surface area contributed by atoms with Crippen LogP contribution in [0.15, 0.2) is 24.5 Å². The van der Waals surface area contributed by atoms with Crippen LogP contribution in [-0.2, 0) is 0 Å². The van der Waals surface area contributed by atoms with Gasteiger partial charge in [-0.25, -0.2) is 14.5 Å². The predicted octanol–water partition coefficient (Wildman–Crippen LogP) is 1.58. The van der Waals surface area contributed by atoms with Crippen LogP contribution in [0.25, 0.3) is 5.69 Å². The lowest BCUT2D eigenvalue weighted by Crippen LogP contribution is -2.06. The number of benzene rings is 1. The Labute approximate surface area is 92.4 Å². The highest BCUT2D eigenvalue weighted by Gasteiger charge is 2.12. The molecule has 2 aromatic rings. The number of carbonyl (C=O) groups is 1. The van der Waals surface area contributed by atoms with Crippen molar-refractivity contribution >= 4 is 5.97 Å². The Hall–Kier alpha value is -2.17. The van der Waals surface area contributed by atoms with Gasteiger partial charge in [-0.05, 0) is 31.5 Å². The van der Waals surface area contributed by atoms with Gasteiger partial charge in [0.1, 0.15) is 12.2 Å². The molecular formula is C11H11N3O2. The van der Waals surface area contributed by atoms with Crippen molar-refractivity contribution in [1.82, 2.24) is 14.8 Å². The minimum absolute atomic E-state index is 0.285. The van der Waals surface area contributed by atoms with E-state index in [0.717, 1.165) is 11.5 Å². The molecule has 0 aliphatic heterocycles. The molecule has 1 aromatic heterocycles. The van der Waals surface area contributed by atoms with E-state index in [9.17, 15) is 4.79 Å². The molecule has 5 heteroatoms. The maximum atomic E-state index is 11.0. The summed E-state index contributed by atoms with van der Waals surface area (Å²) in [5, 5.41) is 13.1. The van der Waals surface area contributed by atoms with E-state index < -0.39 is 5.97 Å². The number of rotatable bonds is 2. The molecule has 1 heterocycles. The number of carboxylic acids is 1. The van der Waals surface area contributed by atoms with E-state index in [2.05, 4.69) is 10.1 Å². The molecule has 0 aliphatic rings. The first-order chi connectivity index (χ1) is 7.61. The molecule has 0 saturated carbocycles. The number of aromatic carboxylic acids is 1.